The molecule has 0 amide bonds. The fraction of sp³-hybridized carbons (Fsp3) is 0.440. The molecule has 8 heteroatoms. The molecule has 2 fully saturated rings. The van der Waals surface area contributed by atoms with Crippen molar-refractivity contribution in [2.75, 3.05) is 43.4 Å². The Balaban J connectivity index is 1.34. The van der Waals surface area contributed by atoms with Crippen LogP contribution in [0.15, 0.2) is 42.7 Å². The van der Waals surface area contributed by atoms with Crippen LogP contribution in [0, 0.1) is 5.92 Å². The first kappa shape index (κ1) is 21.7. The number of aromatic nitrogens is 3. The van der Waals surface area contributed by atoms with E-state index in [1.54, 1.807) is 6.20 Å². The maximum atomic E-state index is 13.3. The topological polar surface area (TPSA) is 100 Å². The normalized spacial score (nSPS) is 21.8. The fourth-order valence-electron chi connectivity index (χ4n) is 4.74. The molecule has 3 aromatic rings. The van der Waals surface area contributed by atoms with E-state index in [1.165, 1.54) is 0 Å². The molecule has 3 heterocycles. The number of pyridine rings is 1. The second-order valence-corrected chi connectivity index (χ2v) is 9.23. The molecule has 0 spiro atoms. The Morgan fingerprint density at radius 1 is 1.00 bits per heavy atom. The summed E-state index contributed by atoms with van der Waals surface area (Å²) >= 11 is 0. The van der Waals surface area contributed by atoms with E-state index in [4.69, 9.17) is 10.7 Å². The third kappa shape index (κ3) is 4.82. The minimum Gasteiger partial charge on any atom is -0.368 e. The fourth-order valence-corrected chi connectivity index (χ4v) is 4.74. The molecule has 0 radical (unpaired) electrons. The summed E-state index contributed by atoms with van der Waals surface area (Å²) < 4.78 is 0. The predicted molar refractivity (Wildman–Crippen MR) is 131 cm³/mol. The van der Waals surface area contributed by atoms with E-state index in [0.29, 0.717) is 22.8 Å². The minimum atomic E-state index is 0.0190. The first-order valence-electron chi connectivity index (χ1n) is 11.8. The number of rotatable bonds is 5. The lowest BCUT2D eigenvalue weighted by Gasteiger charge is -2.33. The third-order valence-electron chi connectivity index (χ3n) is 6.88. The van der Waals surface area contributed by atoms with Gasteiger partial charge in [-0.05, 0) is 50.9 Å². The highest BCUT2D eigenvalue weighted by Crippen LogP contribution is 2.29. The Labute approximate surface area is 194 Å². The van der Waals surface area contributed by atoms with Crippen molar-refractivity contribution in [1.82, 2.24) is 19.9 Å². The van der Waals surface area contributed by atoms with Gasteiger partial charge in [0.2, 0.25) is 5.95 Å². The predicted octanol–water partition coefficient (Wildman–Crippen LogP) is 3.22. The van der Waals surface area contributed by atoms with Gasteiger partial charge in [0.1, 0.15) is 5.82 Å². The number of likely N-dealkylation sites (N-methyl/N-ethyl adjacent to an activating group) is 1. The van der Waals surface area contributed by atoms with Crippen LogP contribution in [-0.2, 0) is 0 Å². The lowest BCUT2D eigenvalue weighted by molar-refractivity contribution is 0.0886. The van der Waals surface area contributed by atoms with Gasteiger partial charge in [0.25, 0.3) is 0 Å². The Bertz CT molecular complexity index is 1120. The van der Waals surface area contributed by atoms with Crippen LogP contribution in [0.2, 0.25) is 0 Å². The summed E-state index contributed by atoms with van der Waals surface area (Å²) in [6.07, 6.45) is 7.14. The van der Waals surface area contributed by atoms with E-state index in [0.717, 1.165) is 62.9 Å². The number of nitrogens with zero attached hydrogens (tertiary/aromatic N) is 5. The van der Waals surface area contributed by atoms with Gasteiger partial charge in [0.05, 0.1) is 17.4 Å². The number of ketones is 1. The molecule has 0 bridgehead atoms. The highest BCUT2D eigenvalue weighted by atomic mass is 16.1. The number of piperazine rings is 1. The number of hydrogen-bond donors (Lipinski definition) is 2. The number of nitrogens with two attached hydrogens (primary N) is 1. The molecule has 1 saturated heterocycles. The molecule has 1 aliphatic carbocycles. The molecule has 1 aromatic carbocycles. The lowest BCUT2D eigenvalue weighted by Crippen LogP contribution is -2.44. The summed E-state index contributed by atoms with van der Waals surface area (Å²) in [6, 6.07) is 9.96. The van der Waals surface area contributed by atoms with E-state index in [-0.39, 0.29) is 17.7 Å². The molecule has 2 aliphatic rings. The van der Waals surface area contributed by atoms with Crippen molar-refractivity contribution in [3.8, 4) is 0 Å². The Morgan fingerprint density at radius 2 is 1.79 bits per heavy atom. The molecule has 33 heavy (non-hydrogen) atoms. The molecule has 1 aliphatic heterocycles. The quantitative estimate of drug-likeness (QED) is 0.578. The molecule has 172 valence electrons. The third-order valence-corrected chi connectivity index (χ3v) is 6.88. The Morgan fingerprint density at radius 3 is 2.52 bits per heavy atom. The van der Waals surface area contributed by atoms with Crippen molar-refractivity contribution in [2.24, 2.45) is 11.7 Å². The summed E-state index contributed by atoms with van der Waals surface area (Å²) in [6.45, 7) is 4.12. The smallest absolute Gasteiger partial charge is 0.228 e. The monoisotopic (exact) mass is 445 g/mol. The minimum absolute atomic E-state index is 0.0190. The molecule has 2 aromatic heterocycles. The Kier molecular flexibility index (Phi) is 6.20. The summed E-state index contributed by atoms with van der Waals surface area (Å²) in [5.74, 6) is 1.29. The van der Waals surface area contributed by atoms with Crippen molar-refractivity contribution < 1.29 is 4.79 Å². The van der Waals surface area contributed by atoms with Crippen LogP contribution in [0.1, 0.15) is 36.0 Å². The van der Waals surface area contributed by atoms with E-state index in [1.807, 2.05) is 30.5 Å². The maximum absolute atomic E-state index is 13.3. The molecule has 0 unspecified atom stereocenters. The van der Waals surface area contributed by atoms with Gasteiger partial charge in [-0.2, -0.15) is 0 Å². The van der Waals surface area contributed by atoms with Crippen molar-refractivity contribution in [3.63, 3.8) is 0 Å². The number of fused-ring (bicyclic) bond motifs is 1. The molecule has 5 rings (SSSR count). The van der Waals surface area contributed by atoms with Gasteiger partial charge in [-0.1, -0.05) is 12.1 Å². The molecular weight excluding hydrogens is 414 g/mol. The van der Waals surface area contributed by atoms with Crippen molar-refractivity contribution in [3.05, 3.63) is 48.3 Å². The van der Waals surface area contributed by atoms with E-state index < -0.39 is 0 Å². The molecular formula is C25H31N7O. The van der Waals surface area contributed by atoms with Gasteiger partial charge in [-0.25, -0.2) is 15.0 Å². The Hall–Kier alpha value is -3.10. The largest absolute Gasteiger partial charge is 0.368 e. The average molecular weight is 446 g/mol. The summed E-state index contributed by atoms with van der Waals surface area (Å²) in [5, 5.41) is 4.06. The van der Waals surface area contributed by atoms with E-state index in [9.17, 15) is 4.79 Å². The highest BCUT2D eigenvalue weighted by molar-refractivity contribution is 6.07. The maximum Gasteiger partial charge on any atom is 0.228 e. The molecule has 1 saturated carbocycles. The molecule has 8 nitrogen and oxygen atoms in total. The number of benzene rings is 1. The van der Waals surface area contributed by atoms with Crippen LogP contribution >= 0.6 is 0 Å². The highest BCUT2D eigenvalue weighted by Gasteiger charge is 2.27. The van der Waals surface area contributed by atoms with E-state index in [2.05, 4.69) is 38.2 Å². The van der Waals surface area contributed by atoms with Crippen molar-refractivity contribution in [1.29, 1.82) is 0 Å². The molecule has 3 N–H and O–H groups in total. The average Bonchev–Trinajstić information content (AvgIpc) is 2.85. The lowest BCUT2D eigenvalue weighted by atomic mass is 9.81. The number of nitrogens with one attached hydrogen (secondary N) is 1. The van der Waals surface area contributed by atoms with Gasteiger partial charge in [0.15, 0.2) is 5.78 Å². The number of carbonyl (C=O) groups is 1. The summed E-state index contributed by atoms with van der Waals surface area (Å²) in [7, 11) is 2.15. The first-order valence-corrected chi connectivity index (χ1v) is 11.8. The van der Waals surface area contributed by atoms with Crippen LogP contribution < -0.4 is 16.0 Å². The van der Waals surface area contributed by atoms with Crippen LogP contribution in [0.5, 0.6) is 0 Å². The van der Waals surface area contributed by atoms with Crippen LogP contribution in [0.4, 0.5) is 17.5 Å². The van der Waals surface area contributed by atoms with Gasteiger partial charge in [-0.15, -0.1) is 0 Å². The van der Waals surface area contributed by atoms with Crippen LogP contribution in [-0.4, -0.2) is 64.9 Å². The van der Waals surface area contributed by atoms with Gasteiger partial charge >= 0.3 is 0 Å². The van der Waals surface area contributed by atoms with Gasteiger partial charge < -0.3 is 20.9 Å². The SMILES string of the molecule is CN1CCN(c2ccc(Nc3ncc4cccc(C(=O)C5CCC(N)CC5)c4n3)nc2)CC1. The summed E-state index contributed by atoms with van der Waals surface area (Å²) in [5.41, 5.74) is 8.49. The number of Topliss-reactive ketones (excluding diaryl/α,β-unsaturated/α-hetero) is 1. The van der Waals surface area contributed by atoms with E-state index >= 15 is 0 Å². The zero-order chi connectivity index (χ0) is 22.8. The second kappa shape index (κ2) is 9.41. The van der Waals surface area contributed by atoms with Crippen LogP contribution in [0.25, 0.3) is 10.9 Å². The van der Waals surface area contributed by atoms with Gasteiger partial charge in [-0.3, -0.25) is 4.79 Å². The van der Waals surface area contributed by atoms with Crippen LogP contribution in [0.3, 0.4) is 0 Å². The second-order valence-electron chi connectivity index (χ2n) is 9.23. The molecule has 0 atom stereocenters. The number of carbonyl (C=O) groups excluding carboxylic acids is 1. The zero-order valence-electron chi connectivity index (χ0n) is 19.1. The number of para-hydroxylation sites is 1. The van der Waals surface area contributed by atoms with Crippen molar-refractivity contribution in [2.45, 2.75) is 31.7 Å². The first-order chi connectivity index (χ1) is 16.1. The van der Waals surface area contributed by atoms with Crippen molar-refractivity contribution >= 4 is 34.1 Å². The number of anilines is 3. The summed E-state index contributed by atoms with van der Waals surface area (Å²) in [4.78, 5) is 31.6. The standard InChI is InChI=1S/C25H31N7O/c1-31-11-13-32(14-12-31)20-9-10-22(27-16-20)29-25-28-15-18-3-2-4-21(23(18)30-25)24(33)17-5-7-19(26)8-6-17/h2-4,9-10,15-17,19H,5-8,11-14,26H2,1H3,(H,27,28,29,30). The zero-order valence-corrected chi connectivity index (χ0v) is 19.1. The number of hydrogen-bond acceptors (Lipinski definition) is 8. The van der Waals surface area contributed by atoms with Gasteiger partial charge in [0, 0.05) is 55.3 Å².